The van der Waals surface area contributed by atoms with Crippen LogP contribution >= 0.6 is 0 Å². The molecule has 0 saturated carbocycles. The van der Waals surface area contributed by atoms with Crippen LogP contribution in [0, 0.1) is 5.82 Å². The Hall–Kier alpha value is -2.40. The number of nitrogens with one attached hydrogen (secondary N) is 1. The third-order valence-electron chi connectivity index (χ3n) is 3.87. The van der Waals surface area contributed by atoms with E-state index in [0.717, 1.165) is 18.5 Å². The van der Waals surface area contributed by atoms with Gasteiger partial charge in [-0.2, -0.15) is 0 Å². The number of nitrogens with zero attached hydrogens (tertiary/aromatic N) is 1. The summed E-state index contributed by atoms with van der Waals surface area (Å²) in [5.74, 6) is 0.0771. The summed E-state index contributed by atoms with van der Waals surface area (Å²) in [7, 11) is 3.96. The summed E-state index contributed by atoms with van der Waals surface area (Å²) in [6, 6.07) is 13.2. The Labute approximate surface area is 148 Å². The van der Waals surface area contributed by atoms with Gasteiger partial charge in [-0.15, -0.1) is 0 Å². The van der Waals surface area contributed by atoms with E-state index in [0.29, 0.717) is 17.9 Å². The largest absolute Gasteiger partial charge is 0.493 e. The number of carbonyl (C=O) groups is 1. The fraction of sp³-hybridized carbons (Fsp3) is 0.350. The summed E-state index contributed by atoms with van der Waals surface area (Å²) in [4.78, 5) is 14.8. The fourth-order valence-electron chi connectivity index (χ4n) is 2.58. The van der Waals surface area contributed by atoms with E-state index in [4.69, 9.17) is 4.74 Å². The van der Waals surface area contributed by atoms with E-state index in [1.54, 1.807) is 24.3 Å². The van der Waals surface area contributed by atoms with Crippen LogP contribution in [0.3, 0.4) is 0 Å². The van der Waals surface area contributed by atoms with Crippen molar-refractivity contribution in [2.75, 3.05) is 27.2 Å². The van der Waals surface area contributed by atoms with Gasteiger partial charge in [0, 0.05) is 0 Å². The lowest BCUT2D eigenvalue weighted by atomic mass is 10.0. The summed E-state index contributed by atoms with van der Waals surface area (Å²) >= 11 is 0. The predicted molar refractivity (Wildman–Crippen MR) is 97.4 cm³/mol. The maximum absolute atomic E-state index is 13.2. The number of ether oxygens (including phenoxy) is 1. The summed E-state index contributed by atoms with van der Waals surface area (Å²) in [6.07, 6.45) is 0.723. The summed E-state index contributed by atoms with van der Waals surface area (Å²) in [5, 5.41) is 3.06. The van der Waals surface area contributed by atoms with Crippen molar-refractivity contribution in [1.82, 2.24) is 10.2 Å². The number of amides is 1. The highest BCUT2D eigenvalue weighted by molar-refractivity contribution is 5.97. The maximum atomic E-state index is 13.2. The minimum Gasteiger partial charge on any atom is -0.493 e. The molecule has 0 aliphatic heterocycles. The second-order valence-corrected chi connectivity index (χ2v) is 6.10. The van der Waals surface area contributed by atoms with E-state index in [1.807, 2.05) is 33.2 Å². The van der Waals surface area contributed by atoms with Gasteiger partial charge >= 0.3 is 0 Å². The molecule has 1 unspecified atom stereocenters. The van der Waals surface area contributed by atoms with Crippen molar-refractivity contribution in [1.29, 1.82) is 0 Å². The number of halogens is 1. The van der Waals surface area contributed by atoms with Gasteiger partial charge in [0.25, 0.3) is 5.91 Å². The first-order valence-corrected chi connectivity index (χ1v) is 8.44. The fourth-order valence-corrected chi connectivity index (χ4v) is 2.58. The molecule has 0 bridgehead atoms. The Bertz CT molecular complexity index is 686. The van der Waals surface area contributed by atoms with E-state index >= 15 is 0 Å². The van der Waals surface area contributed by atoms with E-state index in [-0.39, 0.29) is 17.8 Å². The van der Waals surface area contributed by atoms with Crippen molar-refractivity contribution >= 4 is 5.91 Å². The van der Waals surface area contributed by atoms with E-state index in [1.165, 1.54) is 12.1 Å². The first kappa shape index (κ1) is 18.9. The minimum absolute atomic E-state index is 0.197. The zero-order valence-electron chi connectivity index (χ0n) is 15.0. The third-order valence-corrected chi connectivity index (χ3v) is 3.87. The van der Waals surface area contributed by atoms with Gasteiger partial charge in [0.2, 0.25) is 0 Å². The van der Waals surface area contributed by atoms with Gasteiger partial charge in [-0.25, -0.2) is 4.39 Å². The second-order valence-electron chi connectivity index (χ2n) is 6.10. The second kappa shape index (κ2) is 9.18. The summed E-state index contributed by atoms with van der Waals surface area (Å²) in [6.45, 7) is 3.18. The SMILES string of the molecule is CCOc1ccccc1C(=O)NC(CCN(C)C)c1ccc(F)cc1. The van der Waals surface area contributed by atoms with E-state index in [2.05, 4.69) is 10.2 Å². The molecular formula is C20H25FN2O2. The van der Waals surface area contributed by atoms with Crippen molar-refractivity contribution in [3.63, 3.8) is 0 Å². The molecule has 0 radical (unpaired) electrons. The lowest BCUT2D eigenvalue weighted by Gasteiger charge is -2.22. The van der Waals surface area contributed by atoms with Gasteiger partial charge in [-0.05, 0) is 63.8 Å². The Balaban J connectivity index is 2.20. The lowest BCUT2D eigenvalue weighted by molar-refractivity contribution is 0.0929. The standard InChI is InChI=1S/C20H25FN2O2/c1-4-25-19-8-6-5-7-17(19)20(24)22-18(13-14-23(2)3)15-9-11-16(21)12-10-15/h5-12,18H,4,13-14H2,1-3H3,(H,22,24). The molecule has 0 spiro atoms. The molecule has 1 amide bonds. The lowest BCUT2D eigenvalue weighted by Crippen LogP contribution is -2.31. The highest BCUT2D eigenvalue weighted by Gasteiger charge is 2.18. The van der Waals surface area contributed by atoms with Gasteiger partial charge < -0.3 is 15.0 Å². The van der Waals surface area contributed by atoms with Gasteiger partial charge in [0.05, 0.1) is 18.2 Å². The van der Waals surface area contributed by atoms with Gasteiger partial charge in [-0.1, -0.05) is 24.3 Å². The van der Waals surface area contributed by atoms with Crippen molar-refractivity contribution < 1.29 is 13.9 Å². The van der Waals surface area contributed by atoms with Crippen LogP contribution in [0.4, 0.5) is 4.39 Å². The normalized spacial score (nSPS) is 12.0. The molecule has 2 rings (SSSR count). The van der Waals surface area contributed by atoms with Crippen molar-refractivity contribution in [3.05, 3.63) is 65.5 Å². The topological polar surface area (TPSA) is 41.6 Å². The molecule has 134 valence electrons. The van der Waals surface area contributed by atoms with Crippen molar-refractivity contribution in [2.24, 2.45) is 0 Å². The van der Waals surface area contributed by atoms with Gasteiger partial charge in [0.15, 0.2) is 0 Å². The Kier molecular flexibility index (Phi) is 6.95. The average Bonchev–Trinajstić information content (AvgIpc) is 2.60. The number of benzene rings is 2. The van der Waals surface area contributed by atoms with Crippen LogP contribution in [0.5, 0.6) is 5.75 Å². The Morgan fingerprint density at radius 2 is 1.84 bits per heavy atom. The third kappa shape index (κ3) is 5.57. The number of carbonyl (C=O) groups excluding carboxylic acids is 1. The number of hydrogen-bond acceptors (Lipinski definition) is 3. The van der Waals surface area contributed by atoms with Crippen LogP contribution in [0.15, 0.2) is 48.5 Å². The van der Waals surface area contributed by atoms with Crippen LogP contribution < -0.4 is 10.1 Å². The van der Waals surface area contributed by atoms with Crippen LogP contribution in [-0.4, -0.2) is 38.1 Å². The zero-order valence-corrected chi connectivity index (χ0v) is 15.0. The molecule has 2 aromatic carbocycles. The molecule has 5 heteroatoms. The zero-order chi connectivity index (χ0) is 18.2. The summed E-state index contributed by atoms with van der Waals surface area (Å²) in [5.41, 5.74) is 1.38. The first-order chi connectivity index (χ1) is 12.0. The van der Waals surface area contributed by atoms with Crippen molar-refractivity contribution in [3.8, 4) is 5.75 Å². The van der Waals surface area contributed by atoms with Crippen LogP contribution in [0.1, 0.15) is 35.3 Å². The molecular weight excluding hydrogens is 319 g/mol. The predicted octanol–water partition coefficient (Wildman–Crippen LogP) is 3.65. The number of hydrogen-bond donors (Lipinski definition) is 1. The molecule has 0 heterocycles. The molecule has 1 atom stereocenters. The quantitative estimate of drug-likeness (QED) is 0.795. The maximum Gasteiger partial charge on any atom is 0.255 e. The van der Waals surface area contributed by atoms with Crippen LogP contribution in [0.25, 0.3) is 0 Å². The van der Waals surface area contributed by atoms with Crippen molar-refractivity contribution in [2.45, 2.75) is 19.4 Å². The first-order valence-electron chi connectivity index (χ1n) is 8.44. The molecule has 0 aliphatic carbocycles. The number of para-hydroxylation sites is 1. The van der Waals surface area contributed by atoms with E-state index < -0.39 is 0 Å². The van der Waals surface area contributed by atoms with Gasteiger partial charge in [0.1, 0.15) is 11.6 Å². The molecule has 4 nitrogen and oxygen atoms in total. The monoisotopic (exact) mass is 344 g/mol. The summed E-state index contributed by atoms with van der Waals surface area (Å²) < 4.78 is 18.8. The molecule has 0 aliphatic rings. The highest BCUT2D eigenvalue weighted by Crippen LogP contribution is 2.22. The number of rotatable bonds is 8. The van der Waals surface area contributed by atoms with Crippen LogP contribution in [0.2, 0.25) is 0 Å². The Morgan fingerprint density at radius 1 is 1.16 bits per heavy atom. The average molecular weight is 344 g/mol. The van der Waals surface area contributed by atoms with E-state index in [9.17, 15) is 9.18 Å². The van der Waals surface area contributed by atoms with Crippen LogP contribution in [-0.2, 0) is 0 Å². The van der Waals surface area contributed by atoms with Gasteiger partial charge in [-0.3, -0.25) is 4.79 Å². The molecule has 0 saturated heterocycles. The molecule has 1 N–H and O–H groups in total. The molecule has 0 fully saturated rings. The Morgan fingerprint density at radius 3 is 2.48 bits per heavy atom. The minimum atomic E-state index is -0.289. The smallest absolute Gasteiger partial charge is 0.255 e. The molecule has 2 aromatic rings. The molecule has 25 heavy (non-hydrogen) atoms. The molecule has 0 aromatic heterocycles. The highest BCUT2D eigenvalue weighted by atomic mass is 19.1.